The van der Waals surface area contributed by atoms with Crippen LogP contribution >= 0.6 is 0 Å². The van der Waals surface area contributed by atoms with E-state index in [4.69, 9.17) is 5.11 Å². The van der Waals surface area contributed by atoms with E-state index in [1.54, 1.807) is 42.5 Å². The van der Waals surface area contributed by atoms with Gasteiger partial charge in [0.1, 0.15) is 5.82 Å². The summed E-state index contributed by atoms with van der Waals surface area (Å²) >= 11 is 0. The third-order valence-electron chi connectivity index (χ3n) is 2.44. The summed E-state index contributed by atoms with van der Waals surface area (Å²) in [6, 6.07) is 13.2. The number of halogens is 1. The minimum atomic E-state index is -0.891. The average molecular weight is 245 g/mol. The fourth-order valence-corrected chi connectivity index (χ4v) is 1.65. The molecule has 0 saturated carbocycles. The highest BCUT2D eigenvalue weighted by Crippen LogP contribution is 2.20. The molecule has 4 heteroatoms. The van der Waals surface area contributed by atoms with Crippen LogP contribution < -0.4 is 5.32 Å². The number of benzene rings is 2. The number of hydrogen-bond donors (Lipinski definition) is 2. The molecule has 0 atom stereocenters. The maximum Gasteiger partial charge on any atom is 0.307 e. The lowest BCUT2D eigenvalue weighted by Crippen LogP contribution is -2.00. The summed E-state index contributed by atoms with van der Waals surface area (Å²) in [5.74, 6) is -1.24. The van der Waals surface area contributed by atoms with Crippen molar-refractivity contribution < 1.29 is 14.3 Å². The Labute approximate surface area is 104 Å². The lowest BCUT2D eigenvalue weighted by Gasteiger charge is -2.08. The van der Waals surface area contributed by atoms with Crippen molar-refractivity contribution in [3.63, 3.8) is 0 Å². The summed E-state index contributed by atoms with van der Waals surface area (Å²) in [7, 11) is 0. The third-order valence-corrected chi connectivity index (χ3v) is 2.44. The van der Waals surface area contributed by atoms with E-state index in [0.29, 0.717) is 16.9 Å². The van der Waals surface area contributed by atoms with Crippen molar-refractivity contribution in [3.05, 3.63) is 59.9 Å². The predicted molar refractivity (Wildman–Crippen MR) is 67.5 cm³/mol. The van der Waals surface area contributed by atoms with Crippen LogP contribution in [0.3, 0.4) is 0 Å². The normalized spacial score (nSPS) is 10.1. The summed E-state index contributed by atoms with van der Waals surface area (Å²) in [5.41, 5.74) is 1.70. The van der Waals surface area contributed by atoms with Crippen molar-refractivity contribution in [2.24, 2.45) is 0 Å². The van der Waals surface area contributed by atoms with Gasteiger partial charge in [0.05, 0.1) is 12.1 Å². The molecule has 18 heavy (non-hydrogen) atoms. The molecule has 0 aliphatic carbocycles. The third kappa shape index (κ3) is 3.07. The van der Waals surface area contributed by atoms with Crippen LogP contribution in [0.1, 0.15) is 5.56 Å². The van der Waals surface area contributed by atoms with Crippen molar-refractivity contribution in [2.45, 2.75) is 6.42 Å². The Hall–Kier alpha value is -2.36. The number of anilines is 2. The predicted octanol–water partition coefficient (Wildman–Crippen LogP) is 3.20. The van der Waals surface area contributed by atoms with Crippen molar-refractivity contribution >= 4 is 17.3 Å². The Kier molecular flexibility index (Phi) is 3.57. The summed E-state index contributed by atoms with van der Waals surface area (Å²) in [6.45, 7) is 0. The van der Waals surface area contributed by atoms with Crippen LogP contribution in [-0.2, 0) is 11.2 Å². The Bertz CT molecular complexity index is 569. The summed E-state index contributed by atoms with van der Waals surface area (Å²) in [6.07, 6.45) is -0.0488. The molecule has 0 amide bonds. The van der Waals surface area contributed by atoms with E-state index >= 15 is 0 Å². The molecule has 2 N–H and O–H groups in total. The lowest BCUT2D eigenvalue weighted by atomic mass is 10.1. The molecule has 0 aliphatic heterocycles. The number of carboxylic acids is 1. The van der Waals surface area contributed by atoms with E-state index in [1.165, 1.54) is 6.07 Å². The van der Waals surface area contributed by atoms with E-state index in [2.05, 4.69) is 5.32 Å². The van der Waals surface area contributed by atoms with Crippen molar-refractivity contribution in [3.8, 4) is 0 Å². The van der Waals surface area contributed by atoms with Gasteiger partial charge in [0.2, 0.25) is 0 Å². The van der Waals surface area contributed by atoms with Gasteiger partial charge in [-0.2, -0.15) is 0 Å². The van der Waals surface area contributed by atoms with Crippen LogP contribution in [0.25, 0.3) is 0 Å². The molecule has 0 bridgehead atoms. The maximum atomic E-state index is 13.4. The Morgan fingerprint density at radius 3 is 2.67 bits per heavy atom. The average Bonchev–Trinajstić information content (AvgIpc) is 2.32. The Balaban J connectivity index is 2.19. The molecule has 3 nitrogen and oxygen atoms in total. The molecule has 0 saturated heterocycles. The van der Waals surface area contributed by atoms with E-state index in [-0.39, 0.29) is 12.2 Å². The SMILES string of the molecule is O=C(O)Cc1cccc(Nc2ccccc2F)c1. The summed E-state index contributed by atoms with van der Waals surface area (Å²) < 4.78 is 13.4. The highest BCUT2D eigenvalue weighted by molar-refractivity contribution is 5.71. The zero-order valence-corrected chi connectivity index (χ0v) is 9.56. The molecule has 0 aliphatic rings. The molecule has 92 valence electrons. The topological polar surface area (TPSA) is 49.3 Å². The van der Waals surface area contributed by atoms with E-state index in [0.717, 1.165) is 0 Å². The van der Waals surface area contributed by atoms with Gasteiger partial charge in [0.15, 0.2) is 0 Å². The first-order chi connectivity index (χ1) is 8.65. The largest absolute Gasteiger partial charge is 0.481 e. The first-order valence-corrected chi connectivity index (χ1v) is 5.47. The van der Waals surface area contributed by atoms with Crippen LogP contribution in [0.4, 0.5) is 15.8 Å². The van der Waals surface area contributed by atoms with Gasteiger partial charge in [0, 0.05) is 5.69 Å². The smallest absolute Gasteiger partial charge is 0.307 e. The minimum absolute atomic E-state index is 0.0488. The minimum Gasteiger partial charge on any atom is -0.481 e. The number of nitrogens with one attached hydrogen (secondary N) is 1. The standard InChI is InChI=1S/C14H12FNO2/c15-12-6-1-2-7-13(12)16-11-5-3-4-10(8-11)9-14(17)18/h1-8,16H,9H2,(H,17,18). The molecule has 0 spiro atoms. The second-order valence-electron chi connectivity index (χ2n) is 3.88. The van der Waals surface area contributed by atoms with Crippen molar-refractivity contribution in [2.75, 3.05) is 5.32 Å². The van der Waals surface area contributed by atoms with Crippen molar-refractivity contribution in [1.29, 1.82) is 0 Å². The molecule has 0 heterocycles. The lowest BCUT2D eigenvalue weighted by molar-refractivity contribution is -0.136. The molecule has 2 rings (SSSR count). The fraction of sp³-hybridized carbons (Fsp3) is 0.0714. The number of carboxylic acid groups (broad SMARTS) is 1. The zero-order chi connectivity index (χ0) is 13.0. The summed E-state index contributed by atoms with van der Waals surface area (Å²) in [5, 5.41) is 11.6. The van der Waals surface area contributed by atoms with Crippen LogP contribution in [0, 0.1) is 5.82 Å². The van der Waals surface area contributed by atoms with Gasteiger partial charge < -0.3 is 10.4 Å². The van der Waals surface area contributed by atoms with Gasteiger partial charge in [-0.3, -0.25) is 4.79 Å². The monoisotopic (exact) mass is 245 g/mol. The molecule has 0 unspecified atom stereocenters. The number of hydrogen-bond acceptors (Lipinski definition) is 2. The van der Waals surface area contributed by atoms with Crippen molar-refractivity contribution in [1.82, 2.24) is 0 Å². The van der Waals surface area contributed by atoms with Gasteiger partial charge in [-0.15, -0.1) is 0 Å². The van der Waals surface area contributed by atoms with E-state index < -0.39 is 5.97 Å². The summed E-state index contributed by atoms with van der Waals surface area (Å²) in [4.78, 5) is 10.6. The van der Waals surface area contributed by atoms with Crippen LogP contribution in [0.15, 0.2) is 48.5 Å². The van der Waals surface area contributed by atoms with E-state index in [9.17, 15) is 9.18 Å². The zero-order valence-electron chi connectivity index (χ0n) is 9.56. The van der Waals surface area contributed by atoms with Crippen LogP contribution in [0.5, 0.6) is 0 Å². The van der Waals surface area contributed by atoms with Gasteiger partial charge in [-0.1, -0.05) is 24.3 Å². The number of para-hydroxylation sites is 1. The molecule has 0 aromatic heterocycles. The first-order valence-electron chi connectivity index (χ1n) is 5.47. The second-order valence-corrected chi connectivity index (χ2v) is 3.88. The number of carbonyl (C=O) groups is 1. The molecule has 0 fully saturated rings. The quantitative estimate of drug-likeness (QED) is 0.869. The second kappa shape index (κ2) is 5.31. The molecular formula is C14H12FNO2. The van der Waals surface area contributed by atoms with E-state index in [1.807, 2.05) is 0 Å². The molecule has 0 radical (unpaired) electrons. The van der Waals surface area contributed by atoms with Crippen LogP contribution in [0.2, 0.25) is 0 Å². The van der Waals surface area contributed by atoms with Crippen LogP contribution in [-0.4, -0.2) is 11.1 Å². The van der Waals surface area contributed by atoms with Gasteiger partial charge in [0.25, 0.3) is 0 Å². The highest BCUT2D eigenvalue weighted by atomic mass is 19.1. The van der Waals surface area contributed by atoms with Gasteiger partial charge in [-0.05, 0) is 29.8 Å². The fourth-order valence-electron chi connectivity index (χ4n) is 1.65. The Morgan fingerprint density at radius 1 is 1.17 bits per heavy atom. The first kappa shape index (κ1) is 12.1. The highest BCUT2D eigenvalue weighted by Gasteiger charge is 2.03. The Morgan fingerprint density at radius 2 is 1.94 bits per heavy atom. The maximum absolute atomic E-state index is 13.4. The number of aliphatic carboxylic acids is 1. The molecular weight excluding hydrogens is 233 g/mol. The number of rotatable bonds is 4. The van der Waals surface area contributed by atoms with Gasteiger partial charge in [-0.25, -0.2) is 4.39 Å². The molecule has 2 aromatic rings. The molecule has 2 aromatic carbocycles. The van der Waals surface area contributed by atoms with Gasteiger partial charge >= 0.3 is 5.97 Å².